The molecule has 0 unspecified atom stereocenters. The van der Waals surface area contributed by atoms with Crippen molar-refractivity contribution in [1.82, 2.24) is 14.9 Å². The van der Waals surface area contributed by atoms with Crippen LogP contribution in [0.15, 0.2) is 6.07 Å². The minimum Gasteiger partial charge on any atom is -0.477 e. The summed E-state index contributed by atoms with van der Waals surface area (Å²) in [6, 6.07) is 1.33. The van der Waals surface area contributed by atoms with Crippen molar-refractivity contribution in [1.29, 1.82) is 0 Å². The van der Waals surface area contributed by atoms with Gasteiger partial charge in [0.15, 0.2) is 5.69 Å². The first-order chi connectivity index (χ1) is 12.1. The Kier molecular flexibility index (Phi) is 5.61. The average Bonchev–Trinajstić information content (AvgIpc) is 2.67. The van der Waals surface area contributed by atoms with Crippen LogP contribution in [0.5, 0.6) is 0 Å². The maximum absolute atomic E-state index is 12.2. The summed E-state index contributed by atoms with van der Waals surface area (Å²) in [5, 5.41) is 12.2. The molecule has 3 heterocycles. The Morgan fingerprint density at radius 3 is 2.36 bits per heavy atom. The molecule has 136 valence electrons. The van der Waals surface area contributed by atoms with Gasteiger partial charge in [0, 0.05) is 32.2 Å². The Labute approximate surface area is 144 Å². The second-order valence-corrected chi connectivity index (χ2v) is 5.69. The normalized spacial score (nSPS) is 18.1. The molecule has 2 fully saturated rings. The maximum Gasteiger partial charge on any atom is 0.354 e. The summed E-state index contributed by atoms with van der Waals surface area (Å²) in [5.41, 5.74) is -0.113. The molecule has 0 saturated carbocycles. The minimum absolute atomic E-state index is 0.0403. The molecule has 0 atom stereocenters. The molecule has 0 radical (unpaired) electrons. The van der Waals surface area contributed by atoms with E-state index >= 15 is 0 Å². The largest absolute Gasteiger partial charge is 0.477 e. The van der Waals surface area contributed by atoms with Gasteiger partial charge in [0.05, 0.1) is 33.0 Å². The molecule has 0 aliphatic carbocycles. The van der Waals surface area contributed by atoms with E-state index in [0.717, 1.165) is 0 Å². The lowest BCUT2D eigenvalue weighted by Gasteiger charge is -2.28. The summed E-state index contributed by atoms with van der Waals surface area (Å²) in [6.45, 7) is 4.49. The van der Waals surface area contributed by atoms with Crippen LogP contribution in [0.2, 0.25) is 0 Å². The minimum atomic E-state index is -1.14. The number of morpholine rings is 2. The first-order valence-electron chi connectivity index (χ1n) is 8.18. The second kappa shape index (κ2) is 8.08. The Bertz CT molecular complexity index is 629. The molecule has 0 bridgehead atoms. The Hall–Kier alpha value is -2.46. The number of ether oxygens (including phenoxy) is 2. The van der Waals surface area contributed by atoms with Gasteiger partial charge in [-0.15, -0.1) is 0 Å². The summed E-state index contributed by atoms with van der Waals surface area (Å²) in [7, 11) is 0. The number of aromatic nitrogens is 2. The van der Waals surface area contributed by atoms with Gasteiger partial charge in [0.2, 0.25) is 11.9 Å². The lowest BCUT2D eigenvalue weighted by molar-refractivity contribution is -0.133. The molecule has 0 aromatic carbocycles. The molecular weight excluding hydrogens is 330 g/mol. The van der Waals surface area contributed by atoms with Crippen LogP contribution in [0, 0.1) is 0 Å². The van der Waals surface area contributed by atoms with Crippen molar-refractivity contribution in [3.63, 3.8) is 0 Å². The standard InChI is InChI=1S/C15H21N5O5/c21-13(19-1-5-24-6-2-19)10-16-12-9-11(14(22)23)17-15(18-12)20-3-7-25-8-4-20/h9H,1-8,10H2,(H,22,23)(H,16,17,18). The fourth-order valence-electron chi connectivity index (χ4n) is 2.63. The van der Waals surface area contributed by atoms with Crippen molar-refractivity contribution in [2.24, 2.45) is 0 Å². The van der Waals surface area contributed by atoms with Crippen LogP contribution in [0.1, 0.15) is 10.5 Å². The molecule has 2 aliphatic rings. The van der Waals surface area contributed by atoms with Crippen LogP contribution in [-0.2, 0) is 14.3 Å². The lowest BCUT2D eigenvalue weighted by atomic mass is 10.3. The Morgan fingerprint density at radius 1 is 1.08 bits per heavy atom. The summed E-state index contributed by atoms with van der Waals surface area (Å²) in [6.07, 6.45) is 0. The number of carbonyl (C=O) groups excluding carboxylic acids is 1. The number of carboxylic acids is 1. The molecule has 10 nitrogen and oxygen atoms in total. The van der Waals surface area contributed by atoms with Gasteiger partial charge >= 0.3 is 5.97 Å². The highest BCUT2D eigenvalue weighted by Crippen LogP contribution is 2.15. The molecule has 2 aliphatic heterocycles. The maximum atomic E-state index is 12.2. The highest BCUT2D eigenvalue weighted by atomic mass is 16.5. The van der Waals surface area contributed by atoms with Crippen LogP contribution in [-0.4, -0.2) is 91.0 Å². The first kappa shape index (κ1) is 17.4. The van der Waals surface area contributed by atoms with Gasteiger partial charge in [-0.05, 0) is 0 Å². The average molecular weight is 351 g/mol. The van der Waals surface area contributed by atoms with Crippen LogP contribution < -0.4 is 10.2 Å². The molecule has 2 N–H and O–H groups in total. The Morgan fingerprint density at radius 2 is 1.72 bits per heavy atom. The van der Waals surface area contributed by atoms with E-state index in [1.54, 1.807) is 4.90 Å². The number of carbonyl (C=O) groups is 2. The number of rotatable bonds is 5. The fraction of sp³-hybridized carbons (Fsp3) is 0.600. The summed E-state index contributed by atoms with van der Waals surface area (Å²) in [5.74, 6) is -0.578. The fourth-order valence-corrected chi connectivity index (χ4v) is 2.63. The Balaban J connectivity index is 1.69. The molecule has 1 amide bonds. The van der Waals surface area contributed by atoms with Crippen molar-refractivity contribution in [2.75, 3.05) is 69.4 Å². The van der Waals surface area contributed by atoms with Gasteiger partial charge in [0.1, 0.15) is 5.82 Å². The number of nitrogens with zero attached hydrogens (tertiary/aromatic N) is 4. The first-order valence-corrected chi connectivity index (χ1v) is 8.18. The van der Waals surface area contributed by atoms with Gasteiger partial charge in [-0.1, -0.05) is 0 Å². The second-order valence-electron chi connectivity index (χ2n) is 5.69. The number of hydrogen-bond acceptors (Lipinski definition) is 8. The smallest absolute Gasteiger partial charge is 0.354 e. The third-order valence-electron chi connectivity index (χ3n) is 4.01. The monoisotopic (exact) mass is 351 g/mol. The topological polar surface area (TPSA) is 117 Å². The van der Waals surface area contributed by atoms with E-state index in [9.17, 15) is 14.7 Å². The zero-order valence-electron chi connectivity index (χ0n) is 13.8. The summed E-state index contributed by atoms with van der Waals surface area (Å²) >= 11 is 0. The van der Waals surface area contributed by atoms with Gasteiger partial charge in [-0.25, -0.2) is 9.78 Å². The quantitative estimate of drug-likeness (QED) is 0.709. The molecule has 0 spiro atoms. The number of aromatic carboxylic acids is 1. The van der Waals surface area contributed by atoms with E-state index in [2.05, 4.69) is 15.3 Å². The zero-order valence-corrected chi connectivity index (χ0v) is 13.8. The van der Waals surface area contributed by atoms with Gasteiger partial charge in [-0.3, -0.25) is 4.79 Å². The molecule has 10 heteroatoms. The summed E-state index contributed by atoms with van der Waals surface area (Å²) < 4.78 is 10.5. The van der Waals surface area contributed by atoms with E-state index in [4.69, 9.17) is 9.47 Å². The van der Waals surface area contributed by atoms with Crippen LogP contribution in [0.3, 0.4) is 0 Å². The van der Waals surface area contributed by atoms with Crippen molar-refractivity contribution in [3.8, 4) is 0 Å². The van der Waals surface area contributed by atoms with Crippen molar-refractivity contribution in [3.05, 3.63) is 11.8 Å². The molecule has 3 rings (SSSR count). The van der Waals surface area contributed by atoms with Crippen LogP contribution in [0.25, 0.3) is 0 Å². The zero-order chi connectivity index (χ0) is 17.6. The van der Waals surface area contributed by atoms with E-state index in [1.807, 2.05) is 4.90 Å². The molecule has 2 saturated heterocycles. The van der Waals surface area contributed by atoms with E-state index in [-0.39, 0.29) is 18.1 Å². The van der Waals surface area contributed by atoms with Crippen LogP contribution in [0.4, 0.5) is 11.8 Å². The lowest BCUT2D eigenvalue weighted by Crippen LogP contribution is -2.43. The van der Waals surface area contributed by atoms with Crippen molar-refractivity contribution < 1.29 is 24.2 Å². The van der Waals surface area contributed by atoms with E-state index < -0.39 is 5.97 Å². The van der Waals surface area contributed by atoms with E-state index in [0.29, 0.717) is 64.4 Å². The highest BCUT2D eigenvalue weighted by Gasteiger charge is 2.20. The molecule has 1 aromatic heterocycles. The number of nitrogens with one attached hydrogen (secondary N) is 1. The molecular formula is C15H21N5O5. The SMILES string of the molecule is O=C(O)c1cc(NCC(=O)N2CCOCC2)nc(N2CCOCC2)n1. The summed E-state index contributed by atoms with van der Waals surface area (Å²) in [4.78, 5) is 35.5. The predicted molar refractivity (Wildman–Crippen MR) is 87.9 cm³/mol. The van der Waals surface area contributed by atoms with Crippen molar-refractivity contribution >= 4 is 23.6 Å². The van der Waals surface area contributed by atoms with Crippen LogP contribution >= 0.6 is 0 Å². The van der Waals surface area contributed by atoms with E-state index in [1.165, 1.54) is 6.07 Å². The van der Waals surface area contributed by atoms with Crippen molar-refractivity contribution in [2.45, 2.75) is 0 Å². The number of carboxylic acid groups (broad SMARTS) is 1. The highest BCUT2D eigenvalue weighted by molar-refractivity contribution is 5.87. The number of amides is 1. The van der Waals surface area contributed by atoms with Gasteiger partial charge in [-0.2, -0.15) is 4.98 Å². The predicted octanol–water partition coefficient (Wildman–Crippen LogP) is -0.718. The molecule has 1 aromatic rings. The third-order valence-corrected chi connectivity index (χ3v) is 4.01. The number of hydrogen-bond donors (Lipinski definition) is 2. The van der Waals surface area contributed by atoms with Gasteiger partial charge < -0.3 is 29.7 Å². The third kappa shape index (κ3) is 4.54. The number of anilines is 2. The molecule has 25 heavy (non-hydrogen) atoms. The van der Waals surface area contributed by atoms with Gasteiger partial charge in [0.25, 0.3) is 0 Å².